The van der Waals surface area contributed by atoms with Crippen LogP contribution < -0.4 is 33.6 Å². The number of fused-ring (bicyclic) bond motifs is 2. The molecule has 2 aliphatic carbocycles. The van der Waals surface area contributed by atoms with Gasteiger partial charge in [-0.3, -0.25) is 0 Å². The summed E-state index contributed by atoms with van der Waals surface area (Å²) in [7, 11) is -1.84. The molecule has 6 rings (SSSR count). The van der Waals surface area contributed by atoms with Gasteiger partial charge >= 0.3 is 213 Å². The minimum Gasteiger partial charge on any atom is -1.00 e. The normalized spacial score (nSPS) is 16.8. The predicted molar refractivity (Wildman–Crippen MR) is 144 cm³/mol. The molecule has 4 aromatic carbocycles. The van der Waals surface area contributed by atoms with Crippen LogP contribution in [-0.2, 0) is 18.6 Å². The van der Waals surface area contributed by atoms with Crippen molar-refractivity contribution in [3.05, 3.63) is 143 Å². The zero-order valence-corrected chi connectivity index (χ0v) is 26.5. The van der Waals surface area contributed by atoms with E-state index < -0.39 is 28.6 Å². The molecule has 0 amide bonds. The molecular formula is C32H28Cl2GeZr. The van der Waals surface area contributed by atoms with Crippen LogP contribution in [0.1, 0.15) is 43.4 Å². The molecule has 2 unspecified atom stereocenters. The van der Waals surface area contributed by atoms with E-state index in [2.05, 4.69) is 135 Å². The van der Waals surface area contributed by atoms with Gasteiger partial charge in [-0.2, -0.15) is 0 Å². The van der Waals surface area contributed by atoms with Gasteiger partial charge < -0.3 is 24.8 Å². The van der Waals surface area contributed by atoms with Crippen molar-refractivity contribution in [3.8, 4) is 0 Å². The standard InChI is InChI=1S/C12H10Ge.2C10H9.2ClH.Zr/c1-3-7-11(8-4-1)13-12-9-5-2-6-10-12;2*1-8-6-9-4-2-3-5-10(9)7-8;;;/h1-10H;2*2-7H,1H3;2*1H;/q;;;;;+2/p-2. The maximum atomic E-state index is 2.49. The van der Waals surface area contributed by atoms with E-state index in [0.717, 1.165) is 0 Å². The van der Waals surface area contributed by atoms with Gasteiger partial charge in [0.15, 0.2) is 0 Å². The van der Waals surface area contributed by atoms with Crippen LogP contribution in [0.3, 0.4) is 0 Å². The molecule has 36 heavy (non-hydrogen) atoms. The molecule has 178 valence electrons. The van der Waals surface area contributed by atoms with Crippen molar-refractivity contribution in [2.45, 2.75) is 21.1 Å². The van der Waals surface area contributed by atoms with Crippen LogP contribution >= 0.6 is 0 Å². The van der Waals surface area contributed by atoms with Crippen LogP contribution in [-0.4, -0.2) is 9.98 Å². The summed E-state index contributed by atoms with van der Waals surface area (Å²) in [5, 5.41) is 0. The summed E-state index contributed by atoms with van der Waals surface area (Å²) in [4.78, 5) is 0. The maximum Gasteiger partial charge on any atom is -1.00 e. The molecule has 0 radical (unpaired) electrons. The molecule has 0 heterocycles. The molecular weight excluding hydrogens is 619 g/mol. The first-order valence-corrected chi connectivity index (χ1v) is 24.5. The molecule has 2 atom stereocenters. The number of benzene rings is 4. The van der Waals surface area contributed by atoms with E-state index in [9.17, 15) is 0 Å². The Kier molecular flexibility index (Phi) is 9.00. The summed E-state index contributed by atoms with van der Waals surface area (Å²) in [5.41, 5.74) is 9.31. The van der Waals surface area contributed by atoms with Crippen LogP contribution in [0.5, 0.6) is 0 Å². The first kappa shape index (κ1) is 27.4. The SMILES string of the molecule is CC1=Cc2ccccc2[CH]1[Zr+2]([CH]1C(C)=Cc2ccccc21)=[Ge]([c]1ccccc1)[c]1ccccc1.[Cl-].[Cl-]. The molecule has 0 nitrogen and oxygen atoms in total. The fourth-order valence-electron chi connectivity index (χ4n) is 5.95. The van der Waals surface area contributed by atoms with Crippen molar-refractivity contribution in [2.75, 3.05) is 0 Å². The first-order valence-electron chi connectivity index (χ1n) is 12.1. The number of hydrogen-bond acceptors (Lipinski definition) is 0. The molecule has 0 bridgehead atoms. The first-order chi connectivity index (χ1) is 16.7. The van der Waals surface area contributed by atoms with Gasteiger partial charge in [-0.15, -0.1) is 0 Å². The Morgan fingerprint density at radius 1 is 0.500 bits per heavy atom. The minimum atomic E-state index is -2.30. The Bertz CT molecular complexity index is 1360. The van der Waals surface area contributed by atoms with E-state index in [-0.39, 0.29) is 24.8 Å². The van der Waals surface area contributed by atoms with E-state index in [1.165, 1.54) is 11.1 Å². The molecule has 0 spiro atoms. The van der Waals surface area contributed by atoms with Gasteiger partial charge in [-0.05, 0) is 0 Å². The third kappa shape index (κ3) is 4.93. The summed E-state index contributed by atoms with van der Waals surface area (Å²) in [6, 6.07) is 41.7. The summed E-state index contributed by atoms with van der Waals surface area (Å²) < 4.78 is 4.57. The summed E-state index contributed by atoms with van der Waals surface area (Å²) in [6.07, 6.45) is 4.98. The van der Waals surface area contributed by atoms with Crippen molar-refractivity contribution in [3.63, 3.8) is 0 Å². The van der Waals surface area contributed by atoms with Crippen LogP contribution in [0.25, 0.3) is 12.2 Å². The molecule has 0 saturated heterocycles. The Morgan fingerprint density at radius 3 is 1.28 bits per heavy atom. The monoisotopic (exact) mass is 646 g/mol. The summed E-state index contributed by atoms with van der Waals surface area (Å²) >= 11 is -2.30. The molecule has 4 aromatic rings. The number of rotatable bonds is 4. The molecule has 0 aliphatic heterocycles. The Hall–Kier alpha value is -1.63. The van der Waals surface area contributed by atoms with Crippen LogP contribution in [0.4, 0.5) is 0 Å². The fourth-order valence-corrected chi connectivity index (χ4v) is 47.7. The number of halogens is 2. The maximum absolute atomic E-state index is 2.49. The quantitative estimate of drug-likeness (QED) is 0.287. The zero-order valence-electron chi connectivity index (χ0n) is 20.5. The second-order valence-corrected chi connectivity index (χ2v) is 32.1. The van der Waals surface area contributed by atoms with Gasteiger partial charge in [0.1, 0.15) is 0 Å². The molecule has 4 heteroatoms. The van der Waals surface area contributed by atoms with Gasteiger partial charge in [0, 0.05) is 0 Å². The van der Waals surface area contributed by atoms with Gasteiger partial charge in [-0.1, -0.05) is 0 Å². The van der Waals surface area contributed by atoms with Crippen molar-refractivity contribution < 1.29 is 43.4 Å². The minimum absolute atomic E-state index is 0. The van der Waals surface area contributed by atoms with Crippen LogP contribution in [0.2, 0.25) is 0 Å². The smallest absolute Gasteiger partial charge is 1.00 e. The van der Waals surface area contributed by atoms with Gasteiger partial charge in [-0.25, -0.2) is 0 Å². The summed E-state index contributed by atoms with van der Waals surface area (Å²) in [6.45, 7) is 4.83. The van der Waals surface area contributed by atoms with E-state index in [0.29, 0.717) is 7.25 Å². The third-order valence-corrected chi connectivity index (χ3v) is 41.1. The summed E-state index contributed by atoms with van der Waals surface area (Å²) in [5.74, 6) is 0. The number of allylic oxidation sites excluding steroid dienone is 2. The zero-order chi connectivity index (χ0) is 23.1. The third-order valence-electron chi connectivity index (χ3n) is 7.33. The van der Waals surface area contributed by atoms with Gasteiger partial charge in [0.05, 0.1) is 0 Å². The molecule has 0 N–H and O–H groups in total. The van der Waals surface area contributed by atoms with Crippen molar-refractivity contribution in [2.24, 2.45) is 0 Å². The second kappa shape index (κ2) is 11.8. The predicted octanol–water partition coefficient (Wildman–Crippen LogP) is 0.735. The van der Waals surface area contributed by atoms with E-state index in [1.807, 2.05) is 0 Å². The Balaban J connectivity index is 0.00000152. The van der Waals surface area contributed by atoms with Crippen molar-refractivity contribution in [1.29, 1.82) is 0 Å². The van der Waals surface area contributed by atoms with E-state index >= 15 is 0 Å². The van der Waals surface area contributed by atoms with Crippen molar-refractivity contribution in [1.82, 2.24) is 0 Å². The Morgan fingerprint density at radius 2 is 0.861 bits per heavy atom. The van der Waals surface area contributed by atoms with Gasteiger partial charge in [0.2, 0.25) is 0 Å². The van der Waals surface area contributed by atoms with Gasteiger partial charge in [0.25, 0.3) is 0 Å². The fraction of sp³-hybridized carbons (Fsp3) is 0.125. The van der Waals surface area contributed by atoms with Crippen molar-refractivity contribution >= 4 is 30.9 Å². The number of hydrogen-bond donors (Lipinski definition) is 0. The largest absolute Gasteiger partial charge is 1.00 e. The second-order valence-electron chi connectivity index (χ2n) is 9.46. The van der Waals surface area contributed by atoms with E-state index in [4.69, 9.17) is 0 Å². The average molecular weight is 647 g/mol. The topological polar surface area (TPSA) is 0 Å². The van der Waals surface area contributed by atoms with Crippen LogP contribution in [0, 0.1) is 0 Å². The molecule has 2 aliphatic rings. The Labute approximate surface area is 236 Å². The molecule has 0 fully saturated rings. The average Bonchev–Trinajstić information content (AvgIpc) is 3.39. The van der Waals surface area contributed by atoms with E-state index in [1.54, 1.807) is 31.1 Å². The molecule has 0 saturated carbocycles. The van der Waals surface area contributed by atoms with Crippen LogP contribution in [0.15, 0.2) is 120 Å². The molecule has 0 aromatic heterocycles.